The fourth-order valence-electron chi connectivity index (χ4n) is 3.40. The highest BCUT2D eigenvalue weighted by molar-refractivity contribution is 5.77. The first-order valence-corrected chi connectivity index (χ1v) is 8.04. The van der Waals surface area contributed by atoms with Gasteiger partial charge in [0.15, 0.2) is 0 Å². The van der Waals surface area contributed by atoms with Gasteiger partial charge in [0.2, 0.25) is 0 Å². The van der Waals surface area contributed by atoms with Crippen LogP contribution in [0.15, 0.2) is 12.4 Å². The van der Waals surface area contributed by atoms with Crippen LogP contribution in [0, 0.1) is 11.8 Å². The smallest absolute Gasteiger partial charge is 0.110 e. The fourth-order valence-corrected chi connectivity index (χ4v) is 3.40. The van der Waals surface area contributed by atoms with Crippen molar-refractivity contribution < 1.29 is 0 Å². The van der Waals surface area contributed by atoms with E-state index in [1.807, 2.05) is 0 Å². The summed E-state index contributed by atoms with van der Waals surface area (Å²) in [5.41, 5.74) is 4.67. The van der Waals surface area contributed by atoms with Gasteiger partial charge in [0, 0.05) is 5.69 Å². The van der Waals surface area contributed by atoms with E-state index in [0.29, 0.717) is 5.92 Å². The molecule has 3 rings (SSSR count). The van der Waals surface area contributed by atoms with E-state index in [1.54, 1.807) is 6.33 Å². The molecule has 1 N–H and O–H groups in total. The summed E-state index contributed by atoms with van der Waals surface area (Å²) in [7, 11) is 0. The van der Waals surface area contributed by atoms with Crippen molar-refractivity contribution in [2.75, 3.05) is 0 Å². The first-order valence-electron chi connectivity index (χ1n) is 8.04. The molecule has 0 aromatic carbocycles. The van der Waals surface area contributed by atoms with Crippen LogP contribution in [-0.2, 0) is 12.8 Å². The third-order valence-corrected chi connectivity index (χ3v) is 4.36. The van der Waals surface area contributed by atoms with Gasteiger partial charge in [-0.2, -0.15) is 0 Å². The molecular weight excluding hydrogens is 246 g/mol. The SMILES string of the molecule is CC(C)Cc1cc2[nH]cnc2c(CC2CCCCC2)n1. The average Bonchev–Trinajstić information content (AvgIpc) is 2.87. The van der Waals surface area contributed by atoms with Gasteiger partial charge in [-0.05, 0) is 30.7 Å². The summed E-state index contributed by atoms with van der Waals surface area (Å²) >= 11 is 0. The van der Waals surface area contributed by atoms with Crippen molar-refractivity contribution in [1.29, 1.82) is 0 Å². The van der Waals surface area contributed by atoms with Gasteiger partial charge >= 0.3 is 0 Å². The van der Waals surface area contributed by atoms with E-state index in [4.69, 9.17) is 4.98 Å². The van der Waals surface area contributed by atoms with Gasteiger partial charge in [-0.3, -0.25) is 4.98 Å². The Labute approximate surface area is 121 Å². The van der Waals surface area contributed by atoms with Crippen molar-refractivity contribution >= 4 is 11.0 Å². The summed E-state index contributed by atoms with van der Waals surface area (Å²) < 4.78 is 0. The van der Waals surface area contributed by atoms with E-state index in [-0.39, 0.29) is 0 Å². The van der Waals surface area contributed by atoms with E-state index in [1.165, 1.54) is 43.5 Å². The number of aromatic nitrogens is 3. The predicted octanol–water partition coefficient (Wildman–Crippen LogP) is 4.28. The zero-order chi connectivity index (χ0) is 13.9. The van der Waals surface area contributed by atoms with E-state index >= 15 is 0 Å². The summed E-state index contributed by atoms with van der Waals surface area (Å²) in [6.07, 6.45) is 10.9. The molecule has 0 atom stereocenters. The number of imidazole rings is 1. The Balaban J connectivity index is 1.88. The molecule has 1 aliphatic rings. The molecule has 0 amide bonds. The van der Waals surface area contributed by atoms with Crippen LogP contribution in [0.1, 0.15) is 57.3 Å². The maximum Gasteiger partial charge on any atom is 0.110 e. The highest BCUT2D eigenvalue weighted by Crippen LogP contribution is 2.28. The zero-order valence-corrected chi connectivity index (χ0v) is 12.7. The van der Waals surface area contributed by atoms with Crippen LogP contribution in [-0.4, -0.2) is 15.0 Å². The lowest BCUT2D eigenvalue weighted by molar-refractivity contribution is 0.355. The second-order valence-corrected chi connectivity index (χ2v) is 6.67. The maximum absolute atomic E-state index is 4.92. The summed E-state index contributed by atoms with van der Waals surface area (Å²) in [5, 5.41) is 0. The van der Waals surface area contributed by atoms with E-state index < -0.39 is 0 Å². The molecule has 20 heavy (non-hydrogen) atoms. The molecular formula is C17H25N3. The Morgan fingerprint density at radius 3 is 2.80 bits per heavy atom. The lowest BCUT2D eigenvalue weighted by Gasteiger charge is -2.21. The number of hydrogen-bond donors (Lipinski definition) is 1. The summed E-state index contributed by atoms with van der Waals surface area (Å²) in [4.78, 5) is 12.7. The number of aromatic amines is 1. The van der Waals surface area contributed by atoms with Crippen molar-refractivity contribution in [1.82, 2.24) is 15.0 Å². The standard InChI is InChI=1S/C17H25N3/c1-12(2)8-14-10-15-17(19-11-18-15)16(20-14)9-13-6-4-3-5-7-13/h10-13H,3-9H2,1-2H3,(H,18,19). The quantitative estimate of drug-likeness (QED) is 0.901. The second kappa shape index (κ2) is 5.94. The number of fused-ring (bicyclic) bond motifs is 1. The summed E-state index contributed by atoms with van der Waals surface area (Å²) in [5.74, 6) is 1.45. The molecule has 3 nitrogen and oxygen atoms in total. The van der Waals surface area contributed by atoms with Crippen LogP contribution in [0.25, 0.3) is 11.0 Å². The number of hydrogen-bond acceptors (Lipinski definition) is 2. The lowest BCUT2D eigenvalue weighted by atomic mass is 9.86. The van der Waals surface area contributed by atoms with Crippen LogP contribution in [0.3, 0.4) is 0 Å². The first-order chi connectivity index (χ1) is 9.72. The van der Waals surface area contributed by atoms with Crippen molar-refractivity contribution in [3.63, 3.8) is 0 Å². The van der Waals surface area contributed by atoms with Crippen LogP contribution < -0.4 is 0 Å². The molecule has 1 aliphatic carbocycles. The van der Waals surface area contributed by atoms with Crippen LogP contribution in [0.4, 0.5) is 0 Å². The van der Waals surface area contributed by atoms with E-state index in [2.05, 4.69) is 29.9 Å². The minimum atomic E-state index is 0.644. The minimum Gasteiger partial charge on any atom is -0.344 e. The second-order valence-electron chi connectivity index (χ2n) is 6.67. The van der Waals surface area contributed by atoms with Gasteiger partial charge < -0.3 is 4.98 Å². The van der Waals surface area contributed by atoms with Gasteiger partial charge in [0.05, 0.1) is 17.5 Å². The molecule has 108 valence electrons. The van der Waals surface area contributed by atoms with Crippen LogP contribution in [0.5, 0.6) is 0 Å². The monoisotopic (exact) mass is 271 g/mol. The van der Waals surface area contributed by atoms with E-state index in [0.717, 1.165) is 29.8 Å². The van der Waals surface area contributed by atoms with Crippen molar-refractivity contribution in [2.45, 2.75) is 58.8 Å². The van der Waals surface area contributed by atoms with Crippen LogP contribution >= 0.6 is 0 Å². The molecule has 0 unspecified atom stereocenters. The summed E-state index contributed by atoms with van der Waals surface area (Å²) in [6, 6.07) is 2.17. The first kappa shape index (κ1) is 13.6. The number of nitrogens with zero attached hydrogens (tertiary/aromatic N) is 2. The third-order valence-electron chi connectivity index (χ3n) is 4.36. The molecule has 1 saturated carbocycles. The highest BCUT2D eigenvalue weighted by Gasteiger charge is 2.17. The topological polar surface area (TPSA) is 41.6 Å². The van der Waals surface area contributed by atoms with Gasteiger partial charge in [0.1, 0.15) is 5.52 Å². The van der Waals surface area contributed by atoms with Crippen LogP contribution in [0.2, 0.25) is 0 Å². The maximum atomic E-state index is 4.92. The van der Waals surface area contributed by atoms with Crippen molar-refractivity contribution in [3.8, 4) is 0 Å². The predicted molar refractivity (Wildman–Crippen MR) is 82.7 cm³/mol. The van der Waals surface area contributed by atoms with Gasteiger partial charge in [-0.25, -0.2) is 4.98 Å². The molecule has 0 spiro atoms. The lowest BCUT2D eigenvalue weighted by Crippen LogP contribution is -2.11. The van der Waals surface area contributed by atoms with Crippen molar-refractivity contribution in [2.24, 2.45) is 11.8 Å². The number of rotatable bonds is 4. The fraction of sp³-hybridized carbons (Fsp3) is 0.647. The number of H-pyrrole nitrogens is 1. The molecule has 0 bridgehead atoms. The molecule has 1 fully saturated rings. The zero-order valence-electron chi connectivity index (χ0n) is 12.7. The average molecular weight is 271 g/mol. The molecule has 2 aromatic heterocycles. The normalized spacial score (nSPS) is 17.1. The molecule has 0 radical (unpaired) electrons. The Morgan fingerprint density at radius 1 is 1.25 bits per heavy atom. The Morgan fingerprint density at radius 2 is 2.05 bits per heavy atom. The Bertz CT molecular complexity index is 565. The Kier molecular flexibility index (Phi) is 4.04. The third kappa shape index (κ3) is 3.02. The van der Waals surface area contributed by atoms with Gasteiger partial charge in [-0.1, -0.05) is 46.0 Å². The molecule has 2 heterocycles. The van der Waals surface area contributed by atoms with Crippen molar-refractivity contribution in [3.05, 3.63) is 23.8 Å². The molecule has 2 aromatic rings. The summed E-state index contributed by atoms with van der Waals surface area (Å²) in [6.45, 7) is 4.50. The highest BCUT2D eigenvalue weighted by atomic mass is 14.9. The minimum absolute atomic E-state index is 0.644. The van der Waals surface area contributed by atoms with E-state index in [9.17, 15) is 0 Å². The van der Waals surface area contributed by atoms with Gasteiger partial charge in [-0.15, -0.1) is 0 Å². The molecule has 3 heteroatoms. The Hall–Kier alpha value is -1.38. The number of nitrogens with one attached hydrogen (secondary N) is 1. The largest absolute Gasteiger partial charge is 0.344 e. The molecule has 0 saturated heterocycles. The molecule has 0 aliphatic heterocycles. The van der Waals surface area contributed by atoms with Gasteiger partial charge in [0.25, 0.3) is 0 Å². The number of pyridine rings is 1.